The minimum atomic E-state index is 0.181. The molecule has 1 heterocycles. The van der Waals surface area contributed by atoms with Crippen LogP contribution in [-0.2, 0) is 12.8 Å². The van der Waals surface area contributed by atoms with Crippen molar-refractivity contribution in [3.05, 3.63) is 84.1 Å². The van der Waals surface area contributed by atoms with Gasteiger partial charge in [-0.15, -0.1) is 10.2 Å². The Balaban J connectivity index is 0.000000227. The number of rotatable bonds is 11. The van der Waals surface area contributed by atoms with Crippen LogP contribution < -0.4 is 14.2 Å². The van der Waals surface area contributed by atoms with Crippen molar-refractivity contribution in [3.8, 4) is 40.0 Å². The van der Waals surface area contributed by atoms with E-state index in [1.54, 1.807) is 43.6 Å². The molecule has 4 rings (SSSR count). The van der Waals surface area contributed by atoms with E-state index in [0.717, 1.165) is 30.4 Å². The van der Waals surface area contributed by atoms with Crippen LogP contribution in [0.15, 0.2) is 72.9 Å². The predicted molar refractivity (Wildman–Crippen MR) is 163 cm³/mol. The number of aromatic nitrogens is 3. The molecular weight excluding hydrogens is 518 g/mol. The van der Waals surface area contributed by atoms with Gasteiger partial charge in [0.2, 0.25) is 0 Å². The summed E-state index contributed by atoms with van der Waals surface area (Å²) < 4.78 is 15.7. The van der Waals surface area contributed by atoms with E-state index < -0.39 is 0 Å². The summed E-state index contributed by atoms with van der Waals surface area (Å²) in [6, 6.07) is 20.3. The molecule has 0 aliphatic rings. The summed E-state index contributed by atoms with van der Waals surface area (Å²) in [7, 11) is 3.11. The maximum absolute atomic E-state index is 9.92. The molecule has 0 aliphatic heterocycles. The third-order valence-corrected chi connectivity index (χ3v) is 6.27. The van der Waals surface area contributed by atoms with Crippen LogP contribution in [-0.4, -0.2) is 46.5 Å². The first-order valence-electron chi connectivity index (χ1n) is 14.1. The number of aromatic hydroxyl groups is 2. The first-order chi connectivity index (χ1) is 20.0. The molecule has 2 N–H and O–H groups in total. The molecule has 0 bridgehead atoms. The minimum absolute atomic E-state index is 0.181. The number of methoxy groups -OCH3 is 2. The number of hydrogen-bond donors (Lipinski definition) is 2. The number of hydrogen-bond acceptors (Lipinski definition) is 8. The largest absolute Gasteiger partial charge is 0.504 e. The molecule has 4 aromatic rings. The van der Waals surface area contributed by atoms with E-state index in [1.165, 1.54) is 31.9 Å². The fraction of sp³-hybridized carbons (Fsp3) is 0.364. The van der Waals surface area contributed by atoms with Crippen LogP contribution >= 0.6 is 0 Å². The minimum Gasteiger partial charge on any atom is -0.504 e. The molecular formula is C33H43N3O5. The number of benzene rings is 3. The predicted octanol–water partition coefficient (Wildman–Crippen LogP) is 7.42. The van der Waals surface area contributed by atoms with E-state index >= 15 is 0 Å². The van der Waals surface area contributed by atoms with Gasteiger partial charge in [0.15, 0.2) is 28.7 Å². The number of nitrogens with zero attached hydrogens (tertiary/aromatic N) is 3. The molecule has 8 heteroatoms. The molecule has 0 fully saturated rings. The first-order valence-corrected chi connectivity index (χ1v) is 14.1. The Bertz CT molecular complexity index is 1290. The highest BCUT2D eigenvalue weighted by Gasteiger charge is 2.12. The highest BCUT2D eigenvalue weighted by atomic mass is 16.5. The van der Waals surface area contributed by atoms with E-state index in [2.05, 4.69) is 36.2 Å². The van der Waals surface area contributed by atoms with Crippen molar-refractivity contribution in [2.75, 3.05) is 20.8 Å². The molecule has 1 aromatic heterocycles. The van der Waals surface area contributed by atoms with Gasteiger partial charge in [-0.1, -0.05) is 88.6 Å². The zero-order valence-corrected chi connectivity index (χ0v) is 24.8. The Morgan fingerprint density at radius 1 is 0.707 bits per heavy atom. The fourth-order valence-electron chi connectivity index (χ4n) is 4.07. The van der Waals surface area contributed by atoms with Gasteiger partial charge in [-0.2, -0.15) is 0 Å². The van der Waals surface area contributed by atoms with Crippen LogP contribution in [0.1, 0.15) is 57.6 Å². The lowest BCUT2D eigenvalue weighted by molar-refractivity contribution is 0.286. The van der Waals surface area contributed by atoms with Crippen molar-refractivity contribution in [2.24, 2.45) is 0 Å². The SMILES string of the molecule is CCCCCCOc1c(O)ccc(CC)c1CC.COc1ccccc1O.COc1cnnnc1-c1ccccc1. The van der Waals surface area contributed by atoms with Crippen molar-refractivity contribution in [2.45, 2.75) is 59.3 Å². The van der Waals surface area contributed by atoms with Crippen molar-refractivity contribution < 1.29 is 24.4 Å². The van der Waals surface area contributed by atoms with E-state index in [4.69, 9.17) is 19.3 Å². The number of aryl methyl sites for hydroxylation is 1. The van der Waals surface area contributed by atoms with Crippen LogP contribution in [0.5, 0.6) is 28.7 Å². The zero-order chi connectivity index (χ0) is 29.9. The average Bonchev–Trinajstić information content (AvgIpc) is 3.02. The Morgan fingerprint density at radius 2 is 1.41 bits per heavy atom. The summed E-state index contributed by atoms with van der Waals surface area (Å²) in [5, 5.41) is 30.1. The molecule has 3 aromatic carbocycles. The third kappa shape index (κ3) is 10.6. The van der Waals surface area contributed by atoms with Gasteiger partial charge in [0.05, 0.1) is 27.0 Å². The molecule has 0 radical (unpaired) electrons. The molecule has 0 unspecified atom stereocenters. The first kappa shape index (κ1) is 32.9. The standard InChI is InChI=1S/C16H26O2.C10H9N3O.C7H8O2/c1-4-7-8-9-12-18-16-14(6-3)13(5-2)10-11-15(16)17;1-14-9-7-11-13-12-10(9)8-5-3-2-4-6-8;1-9-7-5-3-2-4-6(7)8/h10-11,17H,4-9,12H2,1-3H3;2-7H,1H3;2-5,8H,1H3. The van der Waals surface area contributed by atoms with Crippen LogP contribution in [0.4, 0.5) is 0 Å². The molecule has 0 saturated heterocycles. The second-order valence-electron chi connectivity index (χ2n) is 9.06. The number of ether oxygens (including phenoxy) is 3. The van der Waals surface area contributed by atoms with Gasteiger partial charge in [-0.3, -0.25) is 0 Å². The van der Waals surface area contributed by atoms with Crippen LogP contribution in [0.2, 0.25) is 0 Å². The average molecular weight is 562 g/mol. The Hall–Kier alpha value is -4.33. The maximum atomic E-state index is 9.92. The Kier molecular flexibility index (Phi) is 15.1. The number of para-hydroxylation sites is 2. The van der Waals surface area contributed by atoms with Crippen molar-refractivity contribution >= 4 is 0 Å². The second kappa shape index (κ2) is 18.9. The summed E-state index contributed by atoms with van der Waals surface area (Å²) >= 11 is 0. The summed E-state index contributed by atoms with van der Waals surface area (Å²) in [5.41, 5.74) is 4.12. The highest BCUT2D eigenvalue weighted by Crippen LogP contribution is 2.33. The van der Waals surface area contributed by atoms with Gasteiger partial charge in [0.1, 0.15) is 5.69 Å². The smallest absolute Gasteiger partial charge is 0.167 e. The van der Waals surface area contributed by atoms with E-state index in [-0.39, 0.29) is 11.5 Å². The summed E-state index contributed by atoms with van der Waals surface area (Å²) in [6.45, 7) is 7.15. The Morgan fingerprint density at radius 3 is 2.02 bits per heavy atom. The van der Waals surface area contributed by atoms with E-state index in [9.17, 15) is 5.11 Å². The molecule has 41 heavy (non-hydrogen) atoms. The van der Waals surface area contributed by atoms with Gasteiger partial charge in [-0.05, 0) is 48.2 Å². The van der Waals surface area contributed by atoms with Crippen LogP contribution in [0, 0.1) is 0 Å². The molecule has 0 aliphatic carbocycles. The molecule has 0 spiro atoms. The Labute approximate surface area is 244 Å². The van der Waals surface area contributed by atoms with E-state index in [0.29, 0.717) is 29.5 Å². The number of phenols is 2. The van der Waals surface area contributed by atoms with E-state index in [1.807, 2.05) is 36.4 Å². The summed E-state index contributed by atoms with van der Waals surface area (Å²) in [5.74, 6) is 2.30. The fourth-order valence-corrected chi connectivity index (χ4v) is 4.07. The van der Waals surface area contributed by atoms with Gasteiger partial charge < -0.3 is 24.4 Å². The zero-order valence-electron chi connectivity index (χ0n) is 24.8. The molecule has 8 nitrogen and oxygen atoms in total. The van der Waals surface area contributed by atoms with Crippen LogP contribution in [0.3, 0.4) is 0 Å². The normalized spacial score (nSPS) is 9.98. The lowest BCUT2D eigenvalue weighted by Gasteiger charge is -2.15. The van der Waals surface area contributed by atoms with Crippen molar-refractivity contribution in [3.63, 3.8) is 0 Å². The van der Waals surface area contributed by atoms with Crippen molar-refractivity contribution in [1.82, 2.24) is 15.4 Å². The monoisotopic (exact) mass is 561 g/mol. The third-order valence-electron chi connectivity index (χ3n) is 6.27. The maximum Gasteiger partial charge on any atom is 0.167 e. The second-order valence-corrected chi connectivity index (χ2v) is 9.06. The topological polar surface area (TPSA) is 107 Å². The molecule has 0 amide bonds. The molecule has 0 saturated carbocycles. The number of phenolic OH excluding ortho intramolecular Hbond substituents is 2. The van der Waals surface area contributed by atoms with Gasteiger partial charge >= 0.3 is 0 Å². The number of unbranched alkanes of at least 4 members (excludes halogenated alkanes) is 3. The molecule has 220 valence electrons. The van der Waals surface area contributed by atoms with Crippen molar-refractivity contribution in [1.29, 1.82) is 0 Å². The van der Waals surface area contributed by atoms with Crippen LogP contribution in [0.25, 0.3) is 11.3 Å². The lowest BCUT2D eigenvalue weighted by Crippen LogP contribution is -2.02. The van der Waals surface area contributed by atoms with Gasteiger partial charge in [0, 0.05) is 11.1 Å². The highest BCUT2D eigenvalue weighted by molar-refractivity contribution is 5.64. The summed E-state index contributed by atoms with van der Waals surface area (Å²) in [4.78, 5) is 0. The van der Waals surface area contributed by atoms with Gasteiger partial charge in [-0.25, -0.2) is 0 Å². The molecule has 0 atom stereocenters. The summed E-state index contributed by atoms with van der Waals surface area (Å²) in [6.07, 6.45) is 8.19. The quantitative estimate of drug-likeness (QED) is 0.182. The van der Waals surface area contributed by atoms with Gasteiger partial charge in [0.25, 0.3) is 0 Å². The lowest BCUT2D eigenvalue weighted by atomic mass is 10.0.